The summed E-state index contributed by atoms with van der Waals surface area (Å²) >= 11 is 12.4. The lowest BCUT2D eigenvalue weighted by atomic mass is 9.88. The predicted molar refractivity (Wildman–Crippen MR) is 76.2 cm³/mol. The molecule has 1 fully saturated rings. The van der Waals surface area contributed by atoms with Crippen LogP contribution in [0.25, 0.3) is 0 Å². The smallest absolute Gasteiger partial charge is 0.0655 e. The number of hydrogen-bond donors (Lipinski definition) is 2. The molecule has 2 rings (SSSR count). The first-order valence-corrected chi connectivity index (χ1v) is 6.96. The highest BCUT2D eigenvalue weighted by molar-refractivity contribution is 6.36. The van der Waals surface area contributed by atoms with Crippen molar-refractivity contribution in [2.45, 2.75) is 32.3 Å². The first kappa shape index (κ1) is 14.1. The Morgan fingerprint density at radius 1 is 1.39 bits per heavy atom. The van der Waals surface area contributed by atoms with E-state index in [-0.39, 0.29) is 17.3 Å². The fraction of sp³-hybridized carbons (Fsp3) is 0.571. The molecule has 1 aliphatic rings. The number of aliphatic hydroxyl groups is 1. The zero-order valence-corrected chi connectivity index (χ0v) is 12.2. The molecule has 1 aromatic carbocycles. The molecule has 4 heteroatoms. The quantitative estimate of drug-likeness (QED) is 0.891. The molecule has 18 heavy (non-hydrogen) atoms. The Morgan fingerprint density at radius 3 is 2.28 bits per heavy atom. The average molecular weight is 288 g/mol. The van der Waals surface area contributed by atoms with Crippen LogP contribution in [0.5, 0.6) is 0 Å². The van der Waals surface area contributed by atoms with E-state index in [2.05, 4.69) is 13.8 Å². The van der Waals surface area contributed by atoms with E-state index in [1.54, 1.807) is 18.2 Å². The summed E-state index contributed by atoms with van der Waals surface area (Å²) in [5.41, 5.74) is 6.79. The molecule has 0 radical (unpaired) electrons. The third-order valence-electron chi connectivity index (χ3n) is 4.04. The molecule has 0 aliphatic heterocycles. The van der Waals surface area contributed by atoms with Gasteiger partial charge in [-0.05, 0) is 35.4 Å². The van der Waals surface area contributed by atoms with Crippen molar-refractivity contribution in [2.24, 2.45) is 17.1 Å². The summed E-state index contributed by atoms with van der Waals surface area (Å²) in [6.45, 7) is 4.66. The van der Waals surface area contributed by atoms with Crippen molar-refractivity contribution in [3.05, 3.63) is 33.8 Å². The van der Waals surface area contributed by atoms with Crippen LogP contribution < -0.4 is 5.73 Å². The minimum Gasteiger partial charge on any atom is -0.392 e. The number of benzene rings is 1. The topological polar surface area (TPSA) is 46.2 Å². The van der Waals surface area contributed by atoms with Crippen LogP contribution in [0, 0.1) is 11.3 Å². The Bertz CT molecular complexity index is 427. The van der Waals surface area contributed by atoms with Crippen molar-refractivity contribution in [2.75, 3.05) is 6.54 Å². The second kappa shape index (κ2) is 5.01. The molecule has 2 nitrogen and oxygen atoms in total. The Labute approximate surface area is 118 Å². The molecule has 3 atom stereocenters. The van der Waals surface area contributed by atoms with E-state index >= 15 is 0 Å². The fourth-order valence-electron chi connectivity index (χ4n) is 2.66. The molecule has 0 spiro atoms. The summed E-state index contributed by atoms with van der Waals surface area (Å²) < 4.78 is 0. The van der Waals surface area contributed by atoms with Crippen LogP contribution in [0.4, 0.5) is 0 Å². The molecule has 0 saturated heterocycles. The van der Waals surface area contributed by atoms with Gasteiger partial charge in [-0.2, -0.15) is 0 Å². The third-order valence-corrected chi connectivity index (χ3v) is 4.70. The van der Waals surface area contributed by atoms with Gasteiger partial charge >= 0.3 is 0 Å². The van der Waals surface area contributed by atoms with Crippen LogP contribution in [0.3, 0.4) is 0 Å². The molecule has 3 N–H and O–H groups in total. The van der Waals surface area contributed by atoms with Gasteiger partial charge in [0.05, 0.1) is 6.10 Å². The van der Waals surface area contributed by atoms with E-state index in [1.807, 2.05) is 0 Å². The lowest BCUT2D eigenvalue weighted by Gasteiger charge is -2.25. The summed E-state index contributed by atoms with van der Waals surface area (Å²) in [5.74, 6) is 0.0800. The summed E-state index contributed by atoms with van der Waals surface area (Å²) in [6.07, 6.45) is 0.537. The number of nitrogens with two attached hydrogens (primary N) is 1. The van der Waals surface area contributed by atoms with E-state index in [0.717, 1.165) is 12.0 Å². The van der Waals surface area contributed by atoms with Gasteiger partial charge < -0.3 is 10.8 Å². The molecule has 1 saturated carbocycles. The van der Waals surface area contributed by atoms with Gasteiger partial charge in [-0.1, -0.05) is 43.1 Å². The van der Waals surface area contributed by atoms with Crippen molar-refractivity contribution >= 4 is 23.2 Å². The average Bonchev–Trinajstić information content (AvgIpc) is 2.92. The van der Waals surface area contributed by atoms with Gasteiger partial charge in [0.2, 0.25) is 0 Å². The lowest BCUT2D eigenvalue weighted by Crippen LogP contribution is -2.29. The van der Waals surface area contributed by atoms with Crippen LogP contribution in [0.15, 0.2) is 18.2 Å². The molecular formula is C14H19Cl2NO. The first-order valence-electron chi connectivity index (χ1n) is 6.20. The van der Waals surface area contributed by atoms with E-state index < -0.39 is 6.10 Å². The van der Waals surface area contributed by atoms with Gasteiger partial charge in [0, 0.05) is 22.5 Å². The van der Waals surface area contributed by atoms with Gasteiger partial charge in [0.25, 0.3) is 0 Å². The Morgan fingerprint density at radius 2 is 1.89 bits per heavy atom. The fourth-order valence-corrected chi connectivity index (χ4v) is 3.34. The van der Waals surface area contributed by atoms with Crippen LogP contribution >= 0.6 is 23.2 Å². The monoisotopic (exact) mass is 287 g/mol. The lowest BCUT2D eigenvalue weighted by molar-refractivity contribution is 0.109. The van der Waals surface area contributed by atoms with Crippen molar-refractivity contribution in [1.82, 2.24) is 0 Å². The van der Waals surface area contributed by atoms with E-state index in [9.17, 15) is 5.11 Å². The Kier molecular flexibility index (Phi) is 3.93. The molecule has 0 aromatic heterocycles. The third kappa shape index (κ3) is 2.53. The number of aliphatic hydroxyl groups excluding tert-OH is 1. The number of hydrogen-bond acceptors (Lipinski definition) is 2. The molecule has 0 amide bonds. The van der Waals surface area contributed by atoms with Crippen LogP contribution in [0.2, 0.25) is 10.0 Å². The first-order chi connectivity index (χ1) is 8.38. The predicted octanol–water partition coefficient (Wildman–Crippen LogP) is 3.44. The maximum Gasteiger partial charge on any atom is 0.0655 e. The summed E-state index contributed by atoms with van der Waals surface area (Å²) in [6, 6.07) is 5.38. The SMILES string of the molecule is CC1(C)CC1C(O)C(CN)c1c(Cl)cccc1Cl. The zero-order valence-electron chi connectivity index (χ0n) is 10.7. The standard InChI is InChI=1S/C14H19Cl2NO/c1-14(2)6-9(14)13(18)8(7-17)12-10(15)4-3-5-11(12)16/h3-5,8-9,13,18H,6-7,17H2,1-2H3. The number of rotatable bonds is 4. The van der Waals surface area contributed by atoms with Gasteiger partial charge in [0.1, 0.15) is 0 Å². The second-order valence-electron chi connectivity index (χ2n) is 5.77. The molecule has 3 unspecified atom stereocenters. The highest BCUT2D eigenvalue weighted by Crippen LogP contribution is 2.56. The van der Waals surface area contributed by atoms with E-state index in [4.69, 9.17) is 28.9 Å². The molecular weight excluding hydrogens is 269 g/mol. The van der Waals surface area contributed by atoms with Crippen molar-refractivity contribution < 1.29 is 5.11 Å². The largest absolute Gasteiger partial charge is 0.392 e. The highest BCUT2D eigenvalue weighted by Gasteiger charge is 2.52. The molecule has 0 bridgehead atoms. The number of halogens is 2. The molecule has 0 heterocycles. The summed E-state index contributed by atoms with van der Waals surface area (Å²) in [5, 5.41) is 11.6. The highest BCUT2D eigenvalue weighted by atomic mass is 35.5. The normalized spacial score (nSPS) is 24.7. The summed E-state index contributed by atoms with van der Waals surface area (Å²) in [4.78, 5) is 0. The molecule has 100 valence electrons. The molecule has 1 aromatic rings. The van der Waals surface area contributed by atoms with Gasteiger partial charge in [-0.3, -0.25) is 0 Å². The van der Waals surface area contributed by atoms with Gasteiger partial charge in [-0.25, -0.2) is 0 Å². The van der Waals surface area contributed by atoms with Crippen LogP contribution in [-0.4, -0.2) is 17.8 Å². The van der Waals surface area contributed by atoms with Gasteiger partial charge in [-0.15, -0.1) is 0 Å². The Hall–Kier alpha value is -0.280. The van der Waals surface area contributed by atoms with Crippen LogP contribution in [0.1, 0.15) is 31.7 Å². The van der Waals surface area contributed by atoms with E-state index in [0.29, 0.717) is 16.6 Å². The van der Waals surface area contributed by atoms with Gasteiger partial charge in [0.15, 0.2) is 0 Å². The van der Waals surface area contributed by atoms with Crippen molar-refractivity contribution in [3.8, 4) is 0 Å². The maximum atomic E-state index is 10.5. The van der Waals surface area contributed by atoms with Crippen LogP contribution in [-0.2, 0) is 0 Å². The van der Waals surface area contributed by atoms with E-state index in [1.165, 1.54) is 0 Å². The minimum atomic E-state index is -0.484. The molecule has 1 aliphatic carbocycles. The zero-order chi connectivity index (χ0) is 13.5. The minimum absolute atomic E-state index is 0.195. The Balaban J connectivity index is 2.29. The maximum absolute atomic E-state index is 10.5. The second-order valence-corrected chi connectivity index (χ2v) is 6.58. The van der Waals surface area contributed by atoms with Crippen molar-refractivity contribution in [1.29, 1.82) is 0 Å². The van der Waals surface area contributed by atoms with Crippen molar-refractivity contribution in [3.63, 3.8) is 0 Å². The summed E-state index contributed by atoms with van der Waals surface area (Å²) in [7, 11) is 0.